The molecule has 0 aliphatic heterocycles. The number of phosphoric acid groups is 1. The van der Waals surface area contributed by atoms with E-state index >= 15 is 0 Å². The Morgan fingerprint density at radius 1 is 0.812 bits per heavy atom. The summed E-state index contributed by atoms with van der Waals surface area (Å²) in [7, 11) is 1.34. The van der Waals surface area contributed by atoms with E-state index in [9.17, 15) is 14.3 Å². The van der Waals surface area contributed by atoms with Crippen LogP contribution in [-0.2, 0) is 27.8 Å². The summed E-state index contributed by atoms with van der Waals surface area (Å²) in [5, 5.41) is 0. The number of nitrogens with zero attached hydrogens (tertiary/aromatic N) is 1. The van der Waals surface area contributed by atoms with Crippen LogP contribution >= 0.6 is 7.82 Å². The summed E-state index contributed by atoms with van der Waals surface area (Å²) in [6.45, 7) is 15.2. The maximum absolute atomic E-state index is 13.2. The van der Waals surface area contributed by atoms with E-state index < -0.39 is 20.1 Å². The van der Waals surface area contributed by atoms with Crippen LogP contribution in [0.25, 0.3) is 0 Å². The Morgan fingerprint density at radius 2 is 1.48 bits per heavy atom. The zero-order valence-electron chi connectivity index (χ0n) is 42.7. The van der Waals surface area contributed by atoms with Gasteiger partial charge < -0.3 is 32.6 Å². The average Bonchev–Trinajstić information content (AvgIpc) is 3.59. The van der Waals surface area contributed by atoms with Gasteiger partial charge in [-0.25, -0.2) is 4.79 Å². The Kier molecular flexibility index (Phi) is 24.0. The SMILES string of the molecule is CCCCCCCC/C=C/CCCCCCCCOC(COC(=O)O[C@H]1CC[C@@]2(C)C(=CC[C@H]3[C@@H]4CC[C@H]([C@H](C)CCCC(C)C)[C@@]4(C)CC[C@@H]32)C1)COP(=O)([O-])OCC[N+](C)(C)C. The van der Waals surface area contributed by atoms with Gasteiger partial charge in [0.2, 0.25) is 0 Å². The molecule has 0 heterocycles. The third-order valence-corrected chi connectivity index (χ3v) is 17.3. The fraction of sp³-hybridized carbons (Fsp3) is 0.907. The Labute approximate surface area is 393 Å². The minimum Gasteiger partial charge on any atom is -0.756 e. The van der Waals surface area contributed by atoms with Crippen molar-refractivity contribution in [2.24, 2.45) is 46.3 Å². The molecule has 372 valence electrons. The molecule has 3 saturated carbocycles. The smallest absolute Gasteiger partial charge is 0.508 e. The summed E-state index contributed by atoms with van der Waals surface area (Å²) in [4.78, 5) is 25.8. The van der Waals surface area contributed by atoms with Crippen LogP contribution in [0, 0.1) is 46.3 Å². The van der Waals surface area contributed by atoms with E-state index in [0.717, 1.165) is 81.0 Å². The summed E-state index contributed by atoms with van der Waals surface area (Å²) in [5.74, 6) is 4.72. The fourth-order valence-corrected chi connectivity index (χ4v) is 13.2. The molecule has 10 heteroatoms. The Morgan fingerprint density at radius 3 is 2.16 bits per heavy atom. The number of quaternary nitrogens is 1. The second kappa shape index (κ2) is 27.7. The minimum absolute atomic E-state index is 0.0186. The maximum atomic E-state index is 13.2. The number of hydrogen-bond donors (Lipinski definition) is 0. The lowest BCUT2D eigenvalue weighted by Crippen LogP contribution is -2.51. The van der Waals surface area contributed by atoms with Crippen molar-refractivity contribution < 1.29 is 42.0 Å². The molecule has 0 spiro atoms. The number of carbonyl (C=O) groups excluding carboxylic acids is 1. The van der Waals surface area contributed by atoms with Crippen molar-refractivity contribution >= 4 is 14.0 Å². The van der Waals surface area contributed by atoms with Gasteiger partial charge in [-0.1, -0.05) is 142 Å². The van der Waals surface area contributed by atoms with E-state index in [1.165, 1.54) is 115 Å². The molecule has 2 unspecified atom stereocenters. The molecular weight excluding hydrogens is 822 g/mol. The lowest BCUT2D eigenvalue weighted by Gasteiger charge is -2.58. The number of ether oxygens (including phenoxy) is 3. The van der Waals surface area contributed by atoms with Gasteiger partial charge in [0.25, 0.3) is 7.82 Å². The fourth-order valence-electron chi connectivity index (χ4n) is 12.5. The average molecular weight is 920 g/mol. The molecule has 4 aliphatic carbocycles. The highest BCUT2D eigenvalue weighted by Gasteiger charge is 2.59. The van der Waals surface area contributed by atoms with Crippen molar-refractivity contribution in [3.05, 3.63) is 23.8 Å². The standard InChI is InChI=1S/C54H98NO8P/c1-10-11-12-13-14-15-16-17-18-19-20-21-22-23-24-25-38-59-47(42-62-64(57,58)61-39-37-55(7,8)9)41-60-52(56)63-46-33-35-53(5)45(40-46)29-30-48-50-32-31-49(44(4)28-26-27-43(2)3)54(50,6)36-34-51(48)53/h17-18,29,43-44,46-51H,10-16,19-28,30-42H2,1-9H3/b18-17+/t44-,46+,47?,48+,49-,50+,51+,53+,54-/m1/s1. The molecule has 4 rings (SSSR count). The molecule has 64 heavy (non-hydrogen) atoms. The van der Waals surface area contributed by atoms with E-state index in [1.54, 1.807) is 0 Å². The number of likely N-dealkylation sites (N-methyl/N-ethyl adjacent to an activating group) is 1. The van der Waals surface area contributed by atoms with Crippen LogP contribution < -0.4 is 4.89 Å². The van der Waals surface area contributed by atoms with E-state index in [1.807, 2.05) is 21.1 Å². The van der Waals surface area contributed by atoms with Gasteiger partial charge >= 0.3 is 6.16 Å². The highest BCUT2D eigenvalue weighted by molar-refractivity contribution is 7.45. The molecule has 9 nitrogen and oxygen atoms in total. The molecule has 0 amide bonds. The first-order valence-electron chi connectivity index (χ1n) is 26.7. The number of hydrogen-bond acceptors (Lipinski definition) is 8. The first kappa shape index (κ1) is 55.4. The van der Waals surface area contributed by atoms with Gasteiger partial charge in [0.15, 0.2) is 0 Å². The molecule has 0 aromatic rings. The third kappa shape index (κ3) is 18.4. The summed E-state index contributed by atoms with van der Waals surface area (Å²) in [6, 6.07) is 0. The number of fused-ring (bicyclic) bond motifs is 5. The number of unbranched alkanes of at least 4 members (excludes halogenated alkanes) is 12. The molecule has 0 aromatic carbocycles. The molecule has 0 aromatic heterocycles. The first-order chi connectivity index (χ1) is 30.5. The van der Waals surface area contributed by atoms with Gasteiger partial charge in [-0.05, 0) is 123 Å². The highest BCUT2D eigenvalue weighted by atomic mass is 31.2. The highest BCUT2D eigenvalue weighted by Crippen LogP contribution is 2.67. The van der Waals surface area contributed by atoms with Gasteiger partial charge in [0.05, 0.1) is 27.7 Å². The van der Waals surface area contributed by atoms with Crippen molar-refractivity contribution in [2.75, 3.05) is 54.1 Å². The predicted octanol–water partition coefficient (Wildman–Crippen LogP) is 14.2. The topological polar surface area (TPSA) is 103 Å². The van der Waals surface area contributed by atoms with Crippen molar-refractivity contribution in [2.45, 2.75) is 214 Å². The number of carbonyl (C=O) groups is 1. The van der Waals surface area contributed by atoms with Crippen molar-refractivity contribution in [3.63, 3.8) is 0 Å². The van der Waals surface area contributed by atoms with Crippen LogP contribution in [0.3, 0.4) is 0 Å². The second-order valence-corrected chi connectivity index (χ2v) is 24.3. The lowest BCUT2D eigenvalue weighted by molar-refractivity contribution is -0.870. The van der Waals surface area contributed by atoms with Gasteiger partial charge in [-0.2, -0.15) is 0 Å². The van der Waals surface area contributed by atoms with E-state index in [-0.39, 0.29) is 31.3 Å². The van der Waals surface area contributed by atoms with Crippen LogP contribution in [0.1, 0.15) is 202 Å². The van der Waals surface area contributed by atoms with Crippen LogP contribution in [0.5, 0.6) is 0 Å². The summed E-state index contributed by atoms with van der Waals surface area (Å²) < 4.78 is 41.3. The summed E-state index contributed by atoms with van der Waals surface area (Å²) >= 11 is 0. The maximum Gasteiger partial charge on any atom is 0.508 e. The number of allylic oxidation sites excluding steroid dienone is 3. The number of rotatable bonds is 32. The van der Waals surface area contributed by atoms with E-state index in [4.69, 9.17) is 23.3 Å². The van der Waals surface area contributed by atoms with Gasteiger partial charge in [-0.15, -0.1) is 0 Å². The van der Waals surface area contributed by atoms with Crippen LogP contribution in [0.2, 0.25) is 0 Å². The number of phosphoric ester groups is 1. The minimum atomic E-state index is -4.57. The molecule has 10 atom stereocenters. The molecule has 0 N–H and O–H groups in total. The summed E-state index contributed by atoms with van der Waals surface area (Å²) in [6.07, 6.45) is 35.9. The van der Waals surface area contributed by atoms with Crippen LogP contribution in [-0.4, -0.2) is 77.0 Å². The van der Waals surface area contributed by atoms with Crippen LogP contribution in [0.4, 0.5) is 4.79 Å². The predicted molar refractivity (Wildman–Crippen MR) is 261 cm³/mol. The van der Waals surface area contributed by atoms with Crippen molar-refractivity contribution in [1.29, 1.82) is 0 Å². The van der Waals surface area contributed by atoms with Crippen molar-refractivity contribution in [1.82, 2.24) is 0 Å². The first-order valence-corrected chi connectivity index (χ1v) is 28.1. The Hall–Kier alpha value is -1.22. The van der Waals surface area contributed by atoms with E-state index in [2.05, 4.69) is 59.8 Å². The lowest BCUT2D eigenvalue weighted by atomic mass is 9.47. The molecular formula is C54H98NO8P. The summed E-state index contributed by atoms with van der Waals surface area (Å²) in [5.41, 5.74) is 2.10. The molecule has 0 radical (unpaired) electrons. The zero-order valence-corrected chi connectivity index (χ0v) is 43.6. The Balaban J connectivity index is 1.20. The third-order valence-electron chi connectivity index (χ3n) is 16.3. The largest absolute Gasteiger partial charge is 0.756 e. The normalized spacial score (nSPS) is 28.9. The molecule has 0 bridgehead atoms. The van der Waals surface area contributed by atoms with Gasteiger partial charge in [-0.3, -0.25) is 4.57 Å². The molecule has 0 saturated heterocycles. The monoisotopic (exact) mass is 920 g/mol. The van der Waals surface area contributed by atoms with Crippen molar-refractivity contribution in [3.8, 4) is 0 Å². The molecule has 3 fully saturated rings. The second-order valence-electron chi connectivity index (χ2n) is 22.9. The van der Waals surface area contributed by atoms with Gasteiger partial charge in [0, 0.05) is 13.0 Å². The Bertz CT molecular complexity index is 1440. The van der Waals surface area contributed by atoms with Crippen LogP contribution in [0.15, 0.2) is 23.8 Å². The zero-order chi connectivity index (χ0) is 46.6. The van der Waals surface area contributed by atoms with Gasteiger partial charge in [0.1, 0.15) is 32.0 Å². The van der Waals surface area contributed by atoms with E-state index in [0.29, 0.717) is 29.0 Å². The molecule has 4 aliphatic rings. The quantitative estimate of drug-likeness (QED) is 0.0216.